The topological polar surface area (TPSA) is 52.0 Å². The zero-order valence-electron chi connectivity index (χ0n) is 10.0. The first kappa shape index (κ1) is 17.2. The summed E-state index contributed by atoms with van der Waals surface area (Å²) in [5.41, 5.74) is 7.32. The molecule has 0 radical (unpaired) electrons. The average molecular weight is 279 g/mol. The summed E-state index contributed by atoms with van der Waals surface area (Å²) < 4.78 is 5.25. The van der Waals surface area contributed by atoms with Crippen LogP contribution in [0.5, 0.6) is 0 Å². The Kier molecular flexibility index (Phi) is 7.49. The highest BCUT2D eigenvalue weighted by Gasteiger charge is 2.08. The normalized spacial score (nSPS) is 8.74. The lowest BCUT2D eigenvalue weighted by Crippen LogP contribution is -1.76. The van der Waals surface area contributed by atoms with Gasteiger partial charge < -0.3 is 10.3 Å². The number of aromatic nitrogens is 1. The first-order valence-electron chi connectivity index (χ1n) is 5.43. The number of halogens is 1. The van der Waals surface area contributed by atoms with E-state index in [0.717, 1.165) is 22.2 Å². The summed E-state index contributed by atoms with van der Waals surface area (Å²) in [6.07, 6.45) is 0. The molecule has 2 N–H and O–H groups in total. The molecule has 0 aliphatic carbocycles. The van der Waals surface area contributed by atoms with Crippen LogP contribution in [-0.4, -0.2) is 12.2 Å². The van der Waals surface area contributed by atoms with E-state index in [0.29, 0.717) is 0 Å². The SMILES string of the molecule is C.CN.Cl.c1ccc(-c2noc3ccccc23)cc1. The molecule has 0 saturated carbocycles. The molecule has 0 atom stereocenters. The largest absolute Gasteiger partial charge is 0.356 e. The summed E-state index contributed by atoms with van der Waals surface area (Å²) in [5, 5.41) is 5.15. The summed E-state index contributed by atoms with van der Waals surface area (Å²) in [7, 11) is 1.50. The van der Waals surface area contributed by atoms with Crippen LogP contribution in [0, 0.1) is 0 Å². The van der Waals surface area contributed by atoms with Crippen LogP contribution in [-0.2, 0) is 0 Å². The molecule has 0 aliphatic heterocycles. The van der Waals surface area contributed by atoms with E-state index in [4.69, 9.17) is 4.52 Å². The van der Waals surface area contributed by atoms with Gasteiger partial charge in [-0.15, -0.1) is 12.4 Å². The molecule has 3 nitrogen and oxygen atoms in total. The maximum atomic E-state index is 5.25. The fourth-order valence-electron chi connectivity index (χ4n) is 1.69. The molecule has 0 spiro atoms. The van der Waals surface area contributed by atoms with Gasteiger partial charge in [0.25, 0.3) is 0 Å². The van der Waals surface area contributed by atoms with E-state index >= 15 is 0 Å². The van der Waals surface area contributed by atoms with Crippen molar-refractivity contribution in [1.82, 2.24) is 5.16 Å². The number of hydrogen-bond donors (Lipinski definition) is 1. The van der Waals surface area contributed by atoms with Crippen LogP contribution in [0.25, 0.3) is 22.2 Å². The molecule has 0 aliphatic rings. The van der Waals surface area contributed by atoms with Gasteiger partial charge in [0.1, 0.15) is 5.69 Å². The summed E-state index contributed by atoms with van der Waals surface area (Å²) in [6.45, 7) is 0. The molecule has 1 aromatic heterocycles. The molecule has 0 unspecified atom stereocenters. The van der Waals surface area contributed by atoms with Crippen molar-refractivity contribution in [3.63, 3.8) is 0 Å². The minimum absolute atomic E-state index is 0. The Morgan fingerprint density at radius 3 is 2.16 bits per heavy atom. The van der Waals surface area contributed by atoms with Crippen molar-refractivity contribution < 1.29 is 4.52 Å². The highest BCUT2D eigenvalue weighted by atomic mass is 35.5. The van der Waals surface area contributed by atoms with Crippen molar-refractivity contribution in [2.45, 2.75) is 7.43 Å². The van der Waals surface area contributed by atoms with Gasteiger partial charge in [0, 0.05) is 10.9 Å². The van der Waals surface area contributed by atoms with Crippen molar-refractivity contribution in [3.05, 3.63) is 54.6 Å². The number of nitrogens with zero attached hydrogens (tertiary/aromatic N) is 1. The number of nitrogens with two attached hydrogens (primary N) is 1. The minimum atomic E-state index is 0. The number of benzene rings is 2. The Balaban J connectivity index is 0.000000776. The zero-order valence-corrected chi connectivity index (χ0v) is 10.9. The van der Waals surface area contributed by atoms with Crippen LogP contribution in [0.2, 0.25) is 0 Å². The smallest absolute Gasteiger partial charge is 0.167 e. The molecular formula is C15H19ClN2O. The van der Waals surface area contributed by atoms with Gasteiger partial charge in [-0.3, -0.25) is 0 Å². The van der Waals surface area contributed by atoms with Crippen LogP contribution >= 0.6 is 12.4 Å². The molecule has 1 heterocycles. The summed E-state index contributed by atoms with van der Waals surface area (Å²) in [6, 6.07) is 17.9. The van der Waals surface area contributed by atoms with Crippen molar-refractivity contribution in [3.8, 4) is 11.3 Å². The van der Waals surface area contributed by atoms with Gasteiger partial charge in [0.2, 0.25) is 0 Å². The van der Waals surface area contributed by atoms with E-state index in [9.17, 15) is 0 Å². The molecular weight excluding hydrogens is 260 g/mol. The van der Waals surface area contributed by atoms with Crippen LogP contribution in [0.4, 0.5) is 0 Å². The second-order valence-electron chi connectivity index (χ2n) is 3.39. The average Bonchev–Trinajstić information content (AvgIpc) is 2.86. The standard InChI is InChI=1S/C13H9NO.CH5N.CH4.ClH/c1-2-6-10(7-3-1)13-11-8-4-5-9-12(11)15-14-13;1-2;;/h1-9H;2H2,1H3;1H4;1H. The number of rotatable bonds is 1. The minimum Gasteiger partial charge on any atom is -0.356 e. The molecule has 0 saturated heterocycles. The van der Waals surface area contributed by atoms with Crippen molar-refractivity contribution in [2.24, 2.45) is 5.73 Å². The summed E-state index contributed by atoms with van der Waals surface area (Å²) in [5.74, 6) is 0. The first-order chi connectivity index (χ1) is 8.45. The lowest BCUT2D eigenvalue weighted by atomic mass is 10.1. The van der Waals surface area contributed by atoms with E-state index in [2.05, 4.69) is 10.9 Å². The lowest BCUT2D eigenvalue weighted by Gasteiger charge is -1.94. The van der Waals surface area contributed by atoms with E-state index in [-0.39, 0.29) is 19.8 Å². The fourth-order valence-corrected chi connectivity index (χ4v) is 1.69. The fraction of sp³-hybridized carbons (Fsp3) is 0.133. The molecule has 0 bridgehead atoms. The monoisotopic (exact) mass is 278 g/mol. The third-order valence-corrected chi connectivity index (χ3v) is 2.42. The van der Waals surface area contributed by atoms with Gasteiger partial charge in [0.05, 0.1) is 0 Å². The number of fused-ring (bicyclic) bond motifs is 1. The third kappa shape index (κ3) is 3.56. The highest BCUT2D eigenvalue weighted by Crippen LogP contribution is 2.26. The van der Waals surface area contributed by atoms with Gasteiger partial charge in [0.15, 0.2) is 5.58 Å². The van der Waals surface area contributed by atoms with Gasteiger partial charge in [-0.1, -0.05) is 55.0 Å². The summed E-state index contributed by atoms with van der Waals surface area (Å²) >= 11 is 0. The summed E-state index contributed by atoms with van der Waals surface area (Å²) in [4.78, 5) is 0. The maximum Gasteiger partial charge on any atom is 0.167 e. The van der Waals surface area contributed by atoms with E-state index in [1.54, 1.807) is 0 Å². The highest BCUT2D eigenvalue weighted by molar-refractivity contribution is 5.91. The van der Waals surface area contributed by atoms with Crippen molar-refractivity contribution in [2.75, 3.05) is 7.05 Å². The second kappa shape index (κ2) is 8.29. The van der Waals surface area contributed by atoms with Crippen LogP contribution in [0.15, 0.2) is 59.1 Å². The number of hydrogen-bond acceptors (Lipinski definition) is 3. The predicted octanol–water partition coefficient (Wildman–Crippen LogP) is 4.13. The third-order valence-electron chi connectivity index (χ3n) is 2.42. The molecule has 102 valence electrons. The lowest BCUT2D eigenvalue weighted by molar-refractivity contribution is 0.459. The van der Waals surface area contributed by atoms with Crippen LogP contribution in [0.1, 0.15) is 7.43 Å². The molecule has 3 aromatic rings. The predicted molar refractivity (Wildman–Crippen MR) is 83.5 cm³/mol. The first-order valence-corrected chi connectivity index (χ1v) is 5.43. The quantitative estimate of drug-likeness (QED) is 0.728. The molecule has 3 rings (SSSR count). The van der Waals surface area contributed by atoms with E-state index < -0.39 is 0 Å². The van der Waals surface area contributed by atoms with Gasteiger partial charge >= 0.3 is 0 Å². The molecule has 0 amide bonds. The van der Waals surface area contributed by atoms with Gasteiger partial charge in [-0.05, 0) is 19.2 Å². The van der Waals surface area contributed by atoms with Gasteiger partial charge in [-0.2, -0.15) is 0 Å². The zero-order chi connectivity index (χ0) is 12.1. The molecule has 2 aromatic carbocycles. The molecule has 0 fully saturated rings. The molecule has 4 heteroatoms. The Labute approximate surface area is 119 Å². The van der Waals surface area contributed by atoms with Crippen LogP contribution in [0.3, 0.4) is 0 Å². The van der Waals surface area contributed by atoms with Crippen molar-refractivity contribution in [1.29, 1.82) is 0 Å². The van der Waals surface area contributed by atoms with Crippen LogP contribution < -0.4 is 5.73 Å². The second-order valence-corrected chi connectivity index (χ2v) is 3.39. The Bertz CT molecular complexity index is 593. The number of para-hydroxylation sites is 1. The maximum absolute atomic E-state index is 5.25. The van der Waals surface area contributed by atoms with E-state index in [1.165, 1.54) is 7.05 Å². The van der Waals surface area contributed by atoms with Crippen molar-refractivity contribution >= 4 is 23.4 Å². The Morgan fingerprint density at radius 2 is 1.47 bits per heavy atom. The van der Waals surface area contributed by atoms with Gasteiger partial charge in [-0.25, -0.2) is 0 Å². The molecule has 19 heavy (non-hydrogen) atoms. The Morgan fingerprint density at radius 1 is 0.895 bits per heavy atom. The van der Waals surface area contributed by atoms with E-state index in [1.807, 2.05) is 54.6 Å². The Hall–Kier alpha value is -1.84.